The zero-order chi connectivity index (χ0) is 12.5. The lowest BCUT2D eigenvalue weighted by atomic mass is 10.3. The van der Waals surface area contributed by atoms with E-state index in [2.05, 4.69) is 19.9 Å². The number of nitrogens with one attached hydrogen (secondary N) is 1. The second-order valence-corrected chi connectivity index (χ2v) is 5.59. The fraction of sp³-hybridized carbons (Fsp3) is 0.364. The number of anilines is 1. The highest BCUT2D eigenvalue weighted by Gasteiger charge is 2.16. The minimum Gasteiger partial charge on any atom is -0.365 e. The molecule has 0 radical (unpaired) electrons. The van der Waals surface area contributed by atoms with Crippen LogP contribution in [0, 0.1) is 0 Å². The molecule has 94 valence electrons. The summed E-state index contributed by atoms with van der Waals surface area (Å²) < 4.78 is 0. The minimum atomic E-state index is -0.121. The molecule has 2 aromatic heterocycles. The second kappa shape index (κ2) is 4.78. The molecule has 2 aromatic rings. The van der Waals surface area contributed by atoms with Crippen molar-refractivity contribution < 1.29 is 0 Å². The fourth-order valence-electron chi connectivity index (χ4n) is 2.01. The Morgan fingerprint density at radius 3 is 2.89 bits per heavy atom. The lowest BCUT2D eigenvalue weighted by molar-refractivity contribution is 0.850. The van der Waals surface area contributed by atoms with Crippen molar-refractivity contribution in [1.29, 1.82) is 0 Å². The number of rotatable bonds is 1. The van der Waals surface area contributed by atoms with Crippen LogP contribution in [0.2, 0.25) is 5.15 Å². The average molecular weight is 283 g/mol. The van der Waals surface area contributed by atoms with Gasteiger partial charge >= 0.3 is 0 Å². The third kappa shape index (κ3) is 2.06. The monoisotopic (exact) mass is 282 g/mol. The van der Waals surface area contributed by atoms with Crippen LogP contribution in [0.15, 0.2) is 17.2 Å². The van der Waals surface area contributed by atoms with Gasteiger partial charge in [0.1, 0.15) is 22.8 Å². The van der Waals surface area contributed by atoms with Crippen molar-refractivity contribution in [2.45, 2.75) is 0 Å². The molecule has 0 saturated carbocycles. The van der Waals surface area contributed by atoms with Crippen molar-refractivity contribution in [1.82, 2.24) is 15.0 Å². The molecule has 0 bridgehead atoms. The number of halogens is 1. The molecule has 0 unspecified atom stereocenters. The summed E-state index contributed by atoms with van der Waals surface area (Å²) in [6, 6.07) is 1.78. The number of nitrogens with zero attached hydrogens (tertiary/aromatic N) is 3. The minimum absolute atomic E-state index is 0.121. The number of aromatic nitrogens is 3. The highest BCUT2D eigenvalue weighted by molar-refractivity contribution is 7.99. The predicted octanol–water partition coefficient (Wildman–Crippen LogP) is 1.52. The lowest BCUT2D eigenvalue weighted by Gasteiger charge is -2.27. The maximum absolute atomic E-state index is 12.0. The Kier molecular flexibility index (Phi) is 3.13. The first-order valence-electron chi connectivity index (χ1n) is 5.62. The largest absolute Gasteiger partial charge is 0.365 e. The van der Waals surface area contributed by atoms with E-state index in [4.69, 9.17) is 11.6 Å². The van der Waals surface area contributed by atoms with Crippen molar-refractivity contribution in [2.75, 3.05) is 29.5 Å². The van der Waals surface area contributed by atoms with Gasteiger partial charge < -0.3 is 9.88 Å². The number of hydrogen-bond donors (Lipinski definition) is 1. The number of aromatic amines is 1. The van der Waals surface area contributed by atoms with Gasteiger partial charge in [-0.2, -0.15) is 11.8 Å². The van der Waals surface area contributed by atoms with E-state index >= 15 is 0 Å². The lowest BCUT2D eigenvalue weighted by Crippen LogP contribution is -2.36. The van der Waals surface area contributed by atoms with Crippen molar-refractivity contribution in [3.05, 3.63) is 27.9 Å². The topological polar surface area (TPSA) is 61.9 Å². The molecule has 3 rings (SSSR count). The van der Waals surface area contributed by atoms with Gasteiger partial charge in [0, 0.05) is 24.6 Å². The molecule has 18 heavy (non-hydrogen) atoms. The van der Waals surface area contributed by atoms with Crippen LogP contribution < -0.4 is 10.5 Å². The Bertz CT molecular complexity index is 638. The molecule has 0 aliphatic carbocycles. The number of pyridine rings is 1. The highest BCUT2D eigenvalue weighted by Crippen LogP contribution is 2.22. The maximum atomic E-state index is 12.0. The van der Waals surface area contributed by atoms with E-state index in [9.17, 15) is 4.79 Å². The van der Waals surface area contributed by atoms with E-state index in [1.807, 2.05) is 11.8 Å². The standard InChI is InChI=1S/C11H11ClN4OS/c12-9-7-5-8(16-1-3-18-4-2-16)11(17)15-10(7)14-6-13-9/h5-6H,1-4H2,(H,13,14,15,17). The van der Waals surface area contributed by atoms with E-state index in [1.54, 1.807) is 6.07 Å². The Morgan fingerprint density at radius 2 is 2.11 bits per heavy atom. The molecular weight excluding hydrogens is 272 g/mol. The molecule has 3 heterocycles. The van der Waals surface area contributed by atoms with Gasteiger partial charge in [0.2, 0.25) is 0 Å². The first-order chi connectivity index (χ1) is 8.75. The molecule has 1 saturated heterocycles. The van der Waals surface area contributed by atoms with Crippen LogP contribution in [-0.2, 0) is 0 Å². The molecule has 5 nitrogen and oxygen atoms in total. The number of H-pyrrole nitrogens is 1. The molecule has 7 heteroatoms. The molecule has 1 N–H and O–H groups in total. The van der Waals surface area contributed by atoms with Crippen molar-refractivity contribution in [3.8, 4) is 0 Å². The number of fused-ring (bicyclic) bond motifs is 1. The van der Waals surface area contributed by atoms with Crippen LogP contribution in [0.1, 0.15) is 0 Å². The summed E-state index contributed by atoms with van der Waals surface area (Å²) in [5, 5.41) is 1.05. The zero-order valence-electron chi connectivity index (χ0n) is 9.52. The Labute approximate surface area is 113 Å². The molecule has 0 aromatic carbocycles. The summed E-state index contributed by atoms with van der Waals surface area (Å²) in [5.41, 5.74) is 1.01. The van der Waals surface area contributed by atoms with Gasteiger partial charge in [0.15, 0.2) is 0 Å². The van der Waals surface area contributed by atoms with E-state index in [0.717, 1.165) is 24.6 Å². The molecule has 0 amide bonds. The van der Waals surface area contributed by atoms with Crippen LogP contribution >= 0.6 is 23.4 Å². The van der Waals surface area contributed by atoms with Crippen LogP contribution in [0.3, 0.4) is 0 Å². The second-order valence-electron chi connectivity index (χ2n) is 4.01. The summed E-state index contributed by atoms with van der Waals surface area (Å²) >= 11 is 7.93. The molecule has 1 fully saturated rings. The maximum Gasteiger partial charge on any atom is 0.273 e. The van der Waals surface area contributed by atoms with E-state index < -0.39 is 0 Å². The van der Waals surface area contributed by atoms with Gasteiger partial charge in [0.05, 0.1) is 5.39 Å². The van der Waals surface area contributed by atoms with E-state index in [1.165, 1.54) is 6.33 Å². The third-order valence-corrected chi connectivity index (χ3v) is 4.18. The molecular formula is C11H11ClN4OS. The quantitative estimate of drug-likeness (QED) is 0.804. The van der Waals surface area contributed by atoms with Crippen LogP contribution in [-0.4, -0.2) is 39.5 Å². The van der Waals surface area contributed by atoms with Gasteiger partial charge in [-0.25, -0.2) is 9.97 Å². The first kappa shape index (κ1) is 11.8. The Morgan fingerprint density at radius 1 is 1.33 bits per heavy atom. The summed E-state index contributed by atoms with van der Waals surface area (Å²) in [7, 11) is 0. The molecule has 0 spiro atoms. The molecule has 0 atom stereocenters. The average Bonchev–Trinajstić information content (AvgIpc) is 2.39. The zero-order valence-corrected chi connectivity index (χ0v) is 11.1. The van der Waals surface area contributed by atoms with Gasteiger partial charge in [0.25, 0.3) is 5.56 Å². The SMILES string of the molecule is O=c1[nH]c2ncnc(Cl)c2cc1N1CCSCC1. The van der Waals surface area contributed by atoms with Gasteiger partial charge in [-0.3, -0.25) is 4.79 Å². The summed E-state index contributed by atoms with van der Waals surface area (Å²) in [5.74, 6) is 2.08. The smallest absolute Gasteiger partial charge is 0.273 e. The highest BCUT2D eigenvalue weighted by atomic mass is 35.5. The summed E-state index contributed by atoms with van der Waals surface area (Å²) in [6.07, 6.45) is 1.35. The Hall–Kier alpha value is -1.27. The van der Waals surface area contributed by atoms with Crippen LogP contribution in [0.5, 0.6) is 0 Å². The fourth-order valence-corrected chi connectivity index (χ4v) is 3.11. The predicted molar refractivity (Wildman–Crippen MR) is 74.7 cm³/mol. The normalized spacial score (nSPS) is 16.2. The molecule has 1 aliphatic heterocycles. The van der Waals surface area contributed by atoms with Crippen molar-refractivity contribution in [2.24, 2.45) is 0 Å². The van der Waals surface area contributed by atoms with Crippen molar-refractivity contribution >= 4 is 40.1 Å². The summed E-state index contributed by atoms with van der Waals surface area (Å²) in [4.78, 5) is 24.8. The summed E-state index contributed by atoms with van der Waals surface area (Å²) in [6.45, 7) is 1.76. The number of hydrogen-bond acceptors (Lipinski definition) is 5. The Balaban J connectivity index is 2.14. The number of thioether (sulfide) groups is 1. The van der Waals surface area contributed by atoms with Crippen LogP contribution in [0.25, 0.3) is 11.0 Å². The third-order valence-electron chi connectivity index (χ3n) is 2.93. The van der Waals surface area contributed by atoms with Crippen molar-refractivity contribution in [3.63, 3.8) is 0 Å². The van der Waals surface area contributed by atoms with E-state index in [0.29, 0.717) is 21.9 Å². The van der Waals surface area contributed by atoms with E-state index in [-0.39, 0.29) is 5.56 Å². The van der Waals surface area contributed by atoms with Crippen LogP contribution in [0.4, 0.5) is 5.69 Å². The van der Waals surface area contributed by atoms with Gasteiger partial charge in [-0.1, -0.05) is 11.6 Å². The van der Waals surface area contributed by atoms with Gasteiger partial charge in [-0.05, 0) is 6.07 Å². The molecule has 1 aliphatic rings. The van der Waals surface area contributed by atoms with Gasteiger partial charge in [-0.15, -0.1) is 0 Å². The first-order valence-corrected chi connectivity index (χ1v) is 7.15.